The van der Waals surface area contributed by atoms with Gasteiger partial charge in [-0.25, -0.2) is 9.97 Å². The highest BCUT2D eigenvalue weighted by molar-refractivity contribution is 6.17. The number of fused-ring (bicyclic) bond motifs is 6. The highest BCUT2D eigenvalue weighted by Crippen LogP contribution is 2.53. The molecule has 0 unspecified atom stereocenters. The molecule has 0 radical (unpaired) electrons. The van der Waals surface area contributed by atoms with Crippen LogP contribution in [0.3, 0.4) is 0 Å². The van der Waals surface area contributed by atoms with Gasteiger partial charge in [0.1, 0.15) is 28.9 Å². The Morgan fingerprint density at radius 2 is 1.18 bits per heavy atom. The lowest BCUT2D eigenvalue weighted by Gasteiger charge is -2.46. The van der Waals surface area contributed by atoms with Gasteiger partial charge in [0.15, 0.2) is 0 Å². The lowest BCUT2D eigenvalue weighted by atomic mass is 9.74. The molecule has 0 saturated heterocycles. The summed E-state index contributed by atoms with van der Waals surface area (Å²) in [5.41, 5.74) is 12.7. The molecule has 57 heavy (non-hydrogen) atoms. The molecular formula is C51H39N5O. The summed E-state index contributed by atoms with van der Waals surface area (Å²) in [6, 6.07) is 56.1. The zero-order valence-corrected chi connectivity index (χ0v) is 32.2. The number of rotatable bonds is 5. The smallest absolute Gasteiger partial charge is 0.141 e. The summed E-state index contributed by atoms with van der Waals surface area (Å²) in [5.74, 6) is 0.882. The van der Waals surface area contributed by atoms with Crippen molar-refractivity contribution in [2.75, 3.05) is 9.80 Å². The van der Waals surface area contributed by atoms with Gasteiger partial charge in [-0.05, 0) is 116 Å². The van der Waals surface area contributed by atoms with E-state index in [2.05, 4.69) is 183 Å². The summed E-state index contributed by atoms with van der Waals surface area (Å²) in [4.78, 5) is 19.8. The fourth-order valence-electron chi connectivity index (χ4n) is 9.05. The summed E-state index contributed by atoms with van der Waals surface area (Å²) < 4.78 is 6.40. The van der Waals surface area contributed by atoms with E-state index in [1.807, 2.05) is 12.1 Å². The maximum Gasteiger partial charge on any atom is 0.141 e. The third-order valence-corrected chi connectivity index (χ3v) is 11.9. The number of hydrogen-bond donors (Lipinski definition) is 0. The minimum Gasteiger partial charge on any atom is -0.456 e. The van der Waals surface area contributed by atoms with Crippen LogP contribution in [0.1, 0.15) is 50.2 Å². The number of hydrogen-bond acceptors (Lipinski definition) is 6. The highest BCUT2D eigenvalue weighted by atomic mass is 16.3. The normalized spacial score (nSPS) is 15.0. The van der Waals surface area contributed by atoms with Crippen LogP contribution in [0.25, 0.3) is 43.8 Å². The van der Waals surface area contributed by atoms with Gasteiger partial charge in [-0.1, -0.05) is 91.0 Å². The second-order valence-corrected chi connectivity index (χ2v) is 16.1. The van der Waals surface area contributed by atoms with Gasteiger partial charge in [0.05, 0.1) is 22.8 Å². The van der Waals surface area contributed by atoms with E-state index in [0.717, 1.165) is 73.2 Å². The van der Waals surface area contributed by atoms with Crippen molar-refractivity contribution in [1.29, 1.82) is 0 Å². The number of anilines is 5. The maximum atomic E-state index is 6.40. The van der Waals surface area contributed by atoms with Crippen LogP contribution >= 0.6 is 0 Å². The van der Waals surface area contributed by atoms with Crippen molar-refractivity contribution >= 4 is 67.0 Å². The first-order chi connectivity index (χ1) is 27.8. The quantitative estimate of drug-likeness (QED) is 0.176. The molecule has 4 heterocycles. The monoisotopic (exact) mass is 737 g/mol. The van der Waals surface area contributed by atoms with Crippen molar-refractivity contribution in [3.8, 4) is 11.1 Å². The SMILES string of the molecule is CC1(C)N=C(c2ccc(N(c3ccc(-c4cccc5ccccc45)cc3)c3ccc4c(c3)oc3ccccc34)cc2)N2c3ccccc3C(C)(C)c3ncnc1c32. The summed E-state index contributed by atoms with van der Waals surface area (Å²) in [6.07, 6.45) is 1.70. The van der Waals surface area contributed by atoms with Crippen LogP contribution < -0.4 is 9.80 Å². The third-order valence-electron chi connectivity index (χ3n) is 11.9. The van der Waals surface area contributed by atoms with E-state index >= 15 is 0 Å². The molecule has 9 aromatic rings. The van der Waals surface area contributed by atoms with E-state index in [4.69, 9.17) is 19.4 Å². The van der Waals surface area contributed by atoms with Crippen LogP contribution in [0.4, 0.5) is 28.4 Å². The summed E-state index contributed by atoms with van der Waals surface area (Å²) in [6.45, 7) is 8.80. The molecule has 0 saturated carbocycles. The van der Waals surface area contributed by atoms with Crippen molar-refractivity contribution in [3.05, 3.63) is 187 Å². The van der Waals surface area contributed by atoms with E-state index in [9.17, 15) is 0 Å². The van der Waals surface area contributed by atoms with Gasteiger partial charge < -0.3 is 9.32 Å². The zero-order chi connectivity index (χ0) is 38.5. The van der Waals surface area contributed by atoms with Crippen LogP contribution in [0, 0.1) is 0 Å². The second kappa shape index (κ2) is 12.2. The molecule has 0 bridgehead atoms. The van der Waals surface area contributed by atoms with Gasteiger partial charge >= 0.3 is 0 Å². The standard InChI is InChI=1S/C51H39N5O/c1-50(2)42-17-8-9-18-43(42)56-46-47(50)52-31-53-48(46)51(3,4)54-49(56)34-22-26-36(27-23-34)55(37-28-29-41-40-15-7-10-19-44(40)57-45(41)30-37)35-24-20-33(21-25-35)39-16-11-13-32-12-5-6-14-38(32)39/h5-31H,1-4H3. The lowest BCUT2D eigenvalue weighted by molar-refractivity contribution is 0.516. The molecule has 6 heteroatoms. The molecule has 7 aromatic carbocycles. The van der Waals surface area contributed by atoms with Gasteiger partial charge in [-0.3, -0.25) is 9.89 Å². The Morgan fingerprint density at radius 1 is 0.544 bits per heavy atom. The number of aliphatic imine (C=N–C) groups is 1. The molecule has 0 fully saturated rings. The Morgan fingerprint density at radius 3 is 1.98 bits per heavy atom. The Balaban J connectivity index is 1.04. The van der Waals surface area contributed by atoms with Gasteiger partial charge in [0.2, 0.25) is 0 Å². The van der Waals surface area contributed by atoms with Gasteiger partial charge in [-0.2, -0.15) is 0 Å². The number of amidine groups is 1. The Hall–Kier alpha value is -7.05. The zero-order valence-electron chi connectivity index (χ0n) is 32.2. The maximum absolute atomic E-state index is 6.40. The molecule has 2 aromatic heterocycles. The van der Waals surface area contributed by atoms with Crippen molar-refractivity contribution in [1.82, 2.24) is 9.97 Å². The first kappa shape index (κ1) is 33.3. The van der Waals surface area contributed by atoms with Gasteiger partial charge in [-0.15, -0.1) is 0 Å². The third kappa shape index (κ3) is 5.07. The minimum absolute atomic E-state index is 0.299. The number of aromatic nitrogens is 2. The van der Waals surface area contributed by atoms with Crippen LogP contribution in [0.2, 0.25) is 0 Å². The molecule has 11 rings (SSSR count). The van der Waals surface area contributed by atoms with Crippen molar-refractivity contribution in [2.45, 2.75) is 38.6 Å². The van der Waals surface area contributed by atoms with Gasteiger partial charge in [0.25, 0.3) is 0 Å². The number of furan rings is 1. The molecule has 0 N–H and O–H groups in total. The summed E-state index contributed by atoms with van der Waals surface area (Å²) in [7, 11) is 0. The van der Waals surface area contributed by atoms with Gasteiger partial charge in [0, 0.05) is 44.9 Å². The number of nitrogens with zero attached hydrogens (tertiary/aromatic N) is 5. The van der Waals surface area contributed by atoms with E-state index in [0.29, 0.717) is 0 Å². The predicted octanol–water partition coefficient (Wildman–Crippen LogP) is 13.1. The molecule has 0 atom stereocenters. The minimum atomic E-state index is -0.556. The van der Waals surface area contributed by atoms with Crippen molar-refractivity contribution < 1.29 is 4.42 Å². The molecular weight excluding hydrogens is 699 g/mol. The average molecular weight is 738 g/mol. The Labute approximate surface area is 331 Å². The van der Waals surface area contributed by atoms with E-state index in [1.54, 1.807) is 6.33 Å². The Kier molecular flexibility index (Phi) is 7.14. The van der Waals surface area contributed by atoms with Crippen LogP contribution in [0.5, 0.6) is 0 Å². The molecule has 0 aliphatic carbocycles. The molecule has 0 spiro atoms. The molecule has 2 aliphatic heterocycles. The van der Waals surface area contributed by atoms with Crippen LogP contribution in [0.15, 0.2) is 173 Å². The first-order valence-electron chi connectivity index (χ1n) is 19.5. The average Bonchev–Trinajstić information content (AvgIpc) is 3.61. The van der Waals surface area contributed by atoms with E-state index < -0.39 is 5.54 Å². The molecule has 2 aliphatic rings. The fourth-order valence-corrected chi connectivity index (χ4v) is 9.05. The largest absolute Gasteiger partial charge is 0.456 e. The molecule has 6 nitrogen and oxygen atoms in total. The topological polar surface area (TPSA) is 57.8 Å². The molecule has 274 valence electrons. The Bertz CT molecular complexity index is 3080. The van der Waals surface area contributed by atoms with E-state index in [1.165, 1.54) is 27.5 Å². The molecule has 0 amide bonds. The first-order valence-corrected chi connectivity index (χ1v) is 19.5. The van der Waals surface area contributed by atoms with Crippen molar-refractivity contribution in [3.63, 3.8) is 0 Å². The summed E-state index contributed by atoms with van der Waals surface area (Å²) in [5, 5.41) is 4.69. The number of benzene rings is 7. The second-order valence-electron chi connectivity index (χ2n) is 16.1. The lowest BCUT2D eigenvalue weighted by Crippen LogP contribution is -2.44. The van der Waals surface area contributed by atoms with Crippen LogP contribution in [-0.2, 0) is 11.0 Å². The van der Waals surface area contributed by atoms with E-state index in [-0.39, 0.29) is 5.41 Å². The van der Waals surface area contributed by atoms with Crippen molar-refractivity contribution in [2.24, 2.45) is 4.99 Å². The summed E-state index contributed by atoms with van der Waals surface area (Å²) >= 11 is 0. The fraction of sp³-hybridized carbons (Fsp3) is 0.118. The highest BCUT2D eigenvalue weighted by Gasteiger charge is 2.46. The predicted molar refractivity (Wildman–Crippen MR) is 234 cm³/mol. The number of para-hydroxylation sites is 2. The van der Waals surface area contributed by atoms with Crippen LogP contribution in [-0.4, -0.2) is 15.8 Å².